The van der Waals surface area contributed by atoms with Crippen LogP contribution in [0.15, 0.2) is 54.7 Å². The molecule has 3 aromatic heterocycles. The van der Waals surface area contributed by atoms with Crippen LogP contribution in [0.5, 0.6) is 5.88 Å². The highest BCUT2D eigenvalue weighted by Gasteiger charge is 2.39. The van der Waals surface area contributed by atoms with Gasteiger partial charge in [0.05, 0.1) is 47.6 Å². The van der Waals surface area contributed by atoms with Gasteiger partial charge in [-0.15, -0.1) is 0 Å². The van der Waals surface area contributed by atoms with Gasteiger partial charge in [0.25, 0.3) is 11.8 Å². The number of pyridine rings is 1. The van der Waals surface area contributed by atoms with Gasteiger partial charge in [0.1, 0.15) is 5.78 Å². The Bertz CT molecular complexity index is 2630. The molecule has 2 bridgehead atoms. The van der Waals surface area contributed by atoms with Gasteiger partial charge in [0.15, 0.2) is 5.78 Å². The van der Waals surface area contributed by atoms with E-state index in [0.29, 0.717) is 67.1 Å². The number of fused-ring (bicyclic) bond motifs is 8. The van der Waals surface area contributed by atoms with Crippen molar-refractivity contribution in [3.63, 3.8) is 0 Å². The zero-order chi connectivity index (χ0) is 42.9. The molecule has 2 atom stereocenters. The highest BCUT2D eigenvalue weighted by molar-refractivity contribution is 6.08. The lowest BCUT2D eigenvalue weighted by Crippen LogP contribution is -2.46. The van der Waals surface area contributed by atoms with Gasteiger partial charge in [0, 0.05) is 88.1 Å². The van der Waals surface area contributed by atoms with Crippen molar-refractivity contribution in [1.29, 1.82) is 0 Å². The highest BCUT2D eigenvalue weighted by atomic mass is 16.5. The fourth-order valence-corrected chi connectivity index (χ4v) is 9.33. The van der Waals surface area contributed by atoms with E-state index in [0.717, 1.165) is 98.4 Å². The first-order valence-electron chi connectivity index (χ1n) is 21.9. The van der Waals surface area contributed by atoms with Crippen LogP contribution in [-0.4, -0.2) is 108 Å². The van der Waals surface area contributed by atoms with E-state index in [2.05, 4.69) is 61.7 Å². The quantitative estimate of drug-likeness (QED) is 0.127. The molecule has 1 aliphatic carbocycles. The molecule has 5 aromatic rings. The minimum absolute atomic E-state index is 0.0445. The van der Waals surface area contributed by atoms with Crippen molar-refractivity contribution in [3.05, 3.63) is 88.2 Å². The highest BCUT2D eigenvalue weighted by Crippen LogP contribution is 2.33. The molecule has 1 N–H and O–H groups in total. The topological polar surface area (TPSA) is 148 Å². The number of aromatic nitrogens is 5. The van der Waals surface area contributed by atoms with E-state index in [4.69, 9.17) is 14.7 Å². The summed E-state index contributed by atoms with van der Waals surface area (Å²) in [6.07, 6.45) is 5.91. The molecule has 14 nitrogen and oxygen atoms in total. The lowest BCUT2D eigenvalue weighted by atomic mass is 9.92. The number of ketones is 2. The van der Waals surface area contributed by atoms with Gasteiger partial charge in [-0.25, -0.2) is 9.67 Å². The maximum Gasteiger partial charge on any atom is 0.258 e. The summed E-state index contributed by atoms with van der Waals surface area (Å²) in [5.74, 6) is 7.55. The van der Waals surface area contributed by atoms with Crippen LogP contribution >= 0.6 is 0 Å². The fourth-order valence-electron chi connectivity index (χ4n) is 9.33. The van der Waals surface area contributed by atoms with Crippen LogP contribution < -0.4 is 10.1 Å². The molecule has 14 heteroatoms. The summed E-state index contributed by atoms with van der Waals surface area (Å²) in [4.78, 5) is 67.7. The standard InChI is InChI=1S/C48H53N9O5/c1-31-9-8-22-62-47-38(27-49-53(47)3)41-25-35(23-32(2)50-41)45(60)52-48-51-40-15-13-33(24-43(40)57(48)28-31)29-55-20-18-54(19-21-55)17-6-4-5-10-34-11-7-12-37-39(34)30-56(46(37)61)42-16-14-36(58)26-44(42)59/h7,11-13,15,23-25,27,31,42H,4,6,8-9,14,16-22,26,28-30H2,1-3H3,(H,51,52,60)/t31-,42?/m1/s1. The molecular weight excluding hydrogens is 783 g/mol. The third-order valence-electron chi connectivity index (χ3n) is 12.7. The fraction of sp³-hybridized carbons (Fsp3) is 0.438. The van der Waals surface area contributed by atoms with Crippen molar-refractivity contribution < 1.29 is 23.9 Å². The molecule has 2 amide bonds. The van der Waals surface area contributed by atoms with E-state index in [1.807, 2.05) is 32.2 Å². The molecule has 0 radical (unpaired) electrons. The first kappa shape index (κ1) is 41.2. The zero-order valence-electron chi connectivity index (χ0n) is 35.8. The van der Waals surface area contributed by atoms with Crippen molar-refractivity contribution in [1.82, 2.24) is 39.0 Å². The number of hydrogen-bond donors (Lipinski definition) is 1. The van der Waals surface area contributed by atoms with Crippen LogP contribution in [0.2, 0.25) is 0 Å². The summed E-state index contributed by atoms with van der Waals surface area (Å²) in [7, 11) is 1.85. The van der Waals surface area contributed by atoms with E-state index in [9.17, 15) is 19.2 Å². The molecule has 9 rings (SSSR count). The Morgan fingerprint density at radius 3 is 2.63 bits per heavy atom. The first-order valence-corrected chi connectivity index (χ1v) is 21.9. The molecule has 6 heterocycles. The second-order valence-electron chi connectivity index (χ2n) is 17.3. The van der Waals surface area contributed by atoms with Crippen LogP contribution in [0, 0.1) is 24.7 Å². The minimum Gasteiger partial charge on any atom is -0.477 e. The SMILES string of the molecule is Cc1cc2cc(n1)-c1cnn(C)c1OCCC[C@@H](C)Cn1c(nc3ccc(CN4CCN(CCCC#Cc5cccc6c5CN(C5CCC(=O)CC5=O)C6=O)CC4)cc31)NC2=O. The number of aryl methyl sites for hydroxylation is 2. The third-order valence-corrected chi connectivity index (χ3v) is 12.7. The first-order chi connectivity index (χ1) is 30.1. The molecule has 4 aliphatic rings. The van der Waals surface area contributed by atoms with Crippen LogP contribution in [0.1, 0.15) is 95.0 Å². The Balaban J connectivity index is 0.811. The summed E-state index contributed by atoms with van der Waals surface area (Å²) in [5, 5.41) is 7.56. The summed E-state index contributed by atoms with van der Waals surface area (Å²) in [6, 6.07) is 15.1. The largest absolute Gasteiger partial charge is 0.477 e. The Hall–Kier alpha value is -6.17. The van der Waals surface area contributed by atoms with Crippen LogP contribution in [0.3, 0.4) is 0 Å². The number of amides is 2. The number of benzene rings is 2. The Morgan fingerprint density at radius 1 is 0.952 bits per heavy atom. The lowest BCUT2D eigenvalue weighted by Gasteiger charge is -2.34. The number of carbonyl (C=O) groups excluding carboxylic acids is 4. The van der Waals surface area contributed by atoms with Crippen molar-refractivity contribution in [2.24, 2.45) is 13.0 Å². The van der Waals surface area contributed by atoms with Gasteiger partial charge in [0.2, 0.25) is 11.8 Å². The van der Waals surface area contributed by atoms with Crippen molar-refractivity contribution in [2.45, 2.75) is 84.5 Å². The van der Waals surface area contributed by atoms with E-state index in [1.165, 1.54) is 5.56 Å². The summed E-state index contributed by atoms with van der Waals surface area (Å²) in [5.41, 5.74) is 8.02. The number of Topliss-reactive ketones (excluding diaryl/α,β-unsaturated/α-hetero) is 2. The van der Waals surface area contributed by atoms with Gasteiger partial charge >= 0.3 is 0 Å². The predicted molar refractivity (Wildman–Crippen MR) is 235 cm³/mol. The van der Waals surface area contributed by atoms with Gasteiger partial charge < -0.3 is 19.1 Å². The minimum atomic E-state index is -0.528. The number of hydrogen-bond acceptors (Lipinski definition) is 10. The monoisotopic (exact) mass is 835 g/mol. The molecule has 2 fully saturated rings. The van der Waals surface area contributed by atoms with E-state index < -0.39 is 6.04 Å². The summed E-state index contributed by atoms with van der Waals surface area (Å²) in [6.45, 7) is 11.4. The number of imidazole rings is 1. The van der Waals surface area contributed by atoms with Gasteiger partial charge in [-0.1, -0.05) is 30.9 Å². The molecule has 62 heavy (non-hydrogen) atoms. The number of rotatable bonds is 6. The molecule has 1 unspecified atom stereocenters. The molecule has 320 valence electrons. The molecular formula is C48H53N9O5. The number of unbranched alkanes of at least 4 members (excludes halogenated alkanes) is 1. The van der Waals surface area contributed by atoms with Crippen molar-refractivity contribution >= 4 is 40.4 Å². The van der Waals surface area contributed by atoms with Gasteiger partial charge in [-0.05, 0) is 92.6 Å². The molecule has 1 saturated carbocycles. The second kappa shape index (κ2) is 17.7. The van der Waals surface area contributed by atoms with Gasteiger partial charge in [-0.3, -0.25) is 34.4 Å². The lowest BCUT2D eigenvalue weighted by molar-refractivity contribution is -0.133. The smallest absolute Gasteiger partial charge is 0.258 e. The number of anilines is 1. The number of nitrogens with one attached hydrogen (secondary N) is 1. The Morgan fingerprint density at radius 2 is 1.79 bits per heavy atom. The van der Waals surface area contributed by atoms with Crippen LogP contribution in [-0.2, 0) is 36.3 Å². The number of nitrogens with zero attached hydrogens (tertiary/aromatic N) is 8. The van der Waals surface area contributed by atoms with E-state index >= 15 is 0 Å². The normalized spacial score (nSPS) is 20.1. The Kier molecular flexibility index (Phi) is 11.7. The number of ether oxygens (including phenoxy) is 1. The summed E-state index contributed by atoms with van der Waals surface area (Å²) < 4.78 is 10.1. The molecule has 3 aliphatic heterocycles. The van der Waals surface area contributed by atoms with Crippen LogP contribution in [0.25, 0.3) is 22.3 Å². The predicted octanol–water partition coefficient (Wildman–Crippen LogP) is 5.80. The Labute approximate surface area is 361 Å². The van der Waals surface area contributed by atoms with Crippen LogP contribution in [0.4, 0.5) is 5.95 Å². The maximum absolute atomic E-state index is 13.8. The van der Waals surface area contributed by atoms with E-state index in [-0.39, 0.29) is 29.8 Å². The third kappa shape index (κ3) is 8.64. The zero-order valence-corrected chi connectivity index (χ0v) is 35.8. The van der Waals surface area contributed by atoms with Gasteiger partial charge in [-0.2, -0.15) is 5.10 Å². The van der Waals surface area contributed by atoms with Crippen molar-refractivity contribution in [2.75, 3.05) is 44.6 Å². The second-order valence-corrected chi connectivity index (χ2v) is 17.3. The molecule has 1 saturated heterocycles. The van der Waals surface area contributed by atoms with Crippen molar-refractivity contribution in [3.8, 4) is 29.0 Å². The average molecular weight is 836 g/mol. The maximum atomic E-state index is 13.8. The average Bonchev–Trinajstić information content (AvgIpc) is 3.91. The molecule has 0 spiro atoms. The number of carbonyl (C=O) groups is 4. The molecule has 2 aromatic carbocycles. The number of piperazine rings is 1. The summed E-state index contributed by atoms with van der Waals surface area (Å²) >= 11 is 0. The van der Waals surface area contributed by atoms with E-state index in [1.54, 1.807) is 27.9 Å².